The smallest absolute Gasteiger partial charge is 0.253 e. The van der Waals surface area contributed by atoms with Crippen molar-refractivity contribution in [1.82, 2.24) is 10.2 Å². The summed E-state index contributed by atoms with van der Waals surface area (Å²) < 4.78 is 0. The first-order chi connectivity index (χ1) is 10.5. The molecular weight excluding hydrogens is 314 g/mol. The monoisotopic (exact) mass is 339 g/mol. The number of anilines is 1. The molecule has 0 spiro atoms. The number of benzene rings is 1. The third kappa shape index (κ3) is 5.22. The summed E-state index contributed by atoms with van der Waals surface area (Å²) in [5.74, 6) is -0.0261. The van der Waals surface area contributed by atoms with Gasteiger partial charge in [-0.3, -0.25) is 9.59 Å². The van der Waals surface area contributed by atoms with Crippen molar-refractivity contribution in [2.75, 3.05) is 25.5 Å². The molecule has 6 heteroatoms. The van der Waals surface area contributed by atoms with Crippen LogP contribution in [-0.4, -0.2) is 42.9 Å². The molecule has 23 heavy (non-hydrogen) atoms. The van der Waals surface area contributed by atoms with E-state index in [2.05, 4.69) is 10.6 Å². The van der Waals surface area contributed by atoms with Gasteiger partial charge in [-0.2, -0.15) is 0 Å². The van der Waals surface area contributed by atoms with Crippen LogP contribution in [0.2, 0.25) is 0 Å². The topological polar surface area (TPSA) is 61.4 Å². The summed E-state index contributed by atoms with van der Waals surface area (Å²) in [5, 5.41) is 6.07. The van der Waals surface area contributed by atoms with Gasteiger partial charge in [0.2, 0.25) is 5.91 Å². The van der Waals surface area contributed by atoms with Crippen LogP contribution in [0.1, 0.15) is 37.0 Å². The van der Waals surface area contributed by atoms with E-state index in [9.17, 15) is 9.59 Å². The van der Waals surface area contributed by atoms with Gasteiger partial charge in [0.25, 0.3) is 5.91 Å². The van der Waals surface area contributed by atoms with Crippen molar-refractivity contribution in [1.29, 1.82) is 0 Å². The predicted molar refractivity (Wildman–Crippen MR) is 95.1 cm³/mol. The summed E-state index contributed by atoms with van der Waals surface area (Å²) in [7, 11) is 1.94. The highest BCUT2D eigenvalue weighted by atomic mass is 35.5. The van der Waals surface area contributed by atoms with E-state index < -0.39 is 0 Å². The van der Waals surface area contributed by atoms with Gasteiger partial charge in [-0.15, -0.1) is 12.4 Å². The Bertz CT molecular complexity index is 531. The number of rotatable bonds is 4. The first-order valence-electron chi connectivity index (χ1n) is 7.88. The molecule has 1 fully saturated rings. The summed E-state index contributed by atoms with van der Waals surface area (Å²) in [6.07, 6.45) is 2.14. The summed E-state index contributed by atoms with van der Waals surface area (Å²) in [4.78, 5) is 26.1. The van der Waals surface area contributed by atoms with Crippen molar-refractivity contribution in [3.05, 3.63) is 29.8 Å². The number of likely N-dealkylation sites (N-methyl/N-ethyl adjacent to an activating group) is 1. The number of carbonyl (C=O) groups is 2. The number of nitrogens with one attached hydrogen (secondary N) is 2. The molecule has 1 atom stereocenters. The minimum Gasteiger partial charge on any atom is -0.337 e. The normalized spacial score (nSPS) is 17.6. The van der Waals surface area contributed by atoms with Crippen LogP contribution in [0.3, 0.4) is 0 Å². The Morgan fingerprint density at radius 2 is 1.87 bits per heavy atom. The fraction of sp³-hybridized carbons (Fsp3) is 0.529. The van der Waals surface area contributed by atoms with Gasteiger partial charge in [0.1, 0.15) is 0 Å². The van der Waals surface area contributed by atoms with E-state index in [1.54, 1.807) is 24.3 Å². The van der Waals surface area contributed by atoms with Crippen LogP contribution in [0.15, 0.2) is 24.3 Å². The van der Waals surface area contributed by atoms with Crippen LogP contribution in [0.25, 0.3) is 0 Å². The maximum absolute atomic E-state index is 12.5. The molecule has 1 aliphatic heterocycles. The minimum atomic E-state index is -0.0619. The maximum atomic E-state index is 12.5. The third-order valence-electron chi connectivity index (χ3n) is 4.04. The molecule has 2 N–H and O–H groups in total. The standard InChI is InChI=1S/C17H25N3O2.ClH/c1-12(2)16(21)19-14-8-6-13(7-9-14)17(22)20-10-4-5-15(11-20)18-3;/h6-9,12,15,18H,4-5,10-11H2,1-3H3,(H,19,21);1H. The van der Waals surface area contributed by atoms with E-state index >= 15 is 0 Å². The quantitative estimate of drug-likeness (QED) is 0.886. The molecule has 0 aromatic heterocycles. The van der Waals surface area contributed by atoms with Crippen molar-refractivity contribution in [2.45, 2.75) is 32.7 Å². The van der Waals surface area contributed by atoms with E-state index in [0.717, 1.165) is 31.6 Å². The first kappa shape index (κ1) is 19.5. The molecule has 1 saturated heterocycles. The molecule has 128 valence electrons. The Morgan fingerprint density at radius 3 is 2.43 bits per heavy atom. The molecule has 1 aromatic rings. The lowest BCUT2D eigenvalue weighted by Crippen LogP contribution is -2.46. The van der Waals surface area contributed by atoms with Gasteiger partial charge in [0, 0.05) is 36.3 Å². The molecule has 2 rings (SSSR count). The van der Waals surface area contributed by atoms with E-state index in [-0.39, 0.29) is 30.1 Å². The van der Waals surface area contributed by atoms with Crippen molar-refractivity contribution < 1.29 is 9.59 Å². The molecule has 5 nitrogen and oxygen atoms in total. The largest absolute Gasteiger partial charge is 0.337 e. The zero-order valence-corrected chi connectivity index (χ0v) is 14.8. The number of halogens is 1. The molecular formula is C17H26ClN3O2. The molecule has 1 heterocycles. The Morgan fingerprint density at radius 1 is 1.22 bits per heavy atom. The molecule has 2 amide bonds. The van der Waals surface area contributed by atoms with Crippen LogP contribution >= 0.6 is 12.4 Å². The molecule has 0 saturated carbocycles. The van der Waals surface area contributed by atoms with Gasteiger partial charge < -0.3 is 15.5 Å². The Kier molecular flexibility index (Phi) is 7.52. The molecule has 0 bridgehead atoms. The van der Waals surface area contributed by atoms with E-state index in [4.69, 9.17) is 0 Å². The average Bonchev–Trinajstić information content (AvgIpc) is 2.54. The molecule has 1 aromatic carbocycles. The SMILES string of the molecule is CNC1CCCN(C(=O)c2ccc(NC(=O)C(C)C)cc2)C1.Cl. The second-order valence-corrected chi connectivity index (χ2v) is 6.10. The summed E-state index contributed by atoms with van der Waals surface area (Å²) in [6.45, 7) is 5.26. The minimum absolute atomic E-state index is 0. The van der Waals surface area contributed by atoms with Gasteiger partial charge in [0.15, 0.2) is 0 Å². The van der Waals surface area contributed by atoms with Gasteiger partial charge in [-0.05, 0) is 44.2 Å². The zero-order chi connectivity index (χ0) is 16.1. The lowest BCUT2D eigenvalue weighted by molar-refractivity contribution is -0.118. The maximum Gasteiger partial charge on any atom is 0.253 e. The van der Waals surface area contributed by atoms with Crippen molar-refractivity contribution in [2.24, 2.45) is 5.92 Å². The van der Waals surface area contributed by atoms with Crippen molar-refractivity contribution in [3.8, 4) is 0 Å². The lowest BCUT2D eigenvalue weighted by atomic mass is 10.0. The lowest BCUT2D eigenvalue weighted by Gasteiger charge is -2.32. The second-order valence-electron chi connectivity index (χ2n) is 6.10. The van der Waals surface area contributed by atoms with Crippen LogP contribution in [0.5, 0.6) is 0 Å². The Balaban J connectivity index is 0.00000264. The number of amides is 2. The van der Waals surface area contributed by atoms with Gasteiger partial charge >= 0.3 is 0 Å². The number of likely N-dealkylation sites (tertiary alicyclic amines) is 1. The number of nitrogens with zero attached hydrogens (tertiary/aromatic N) is 1. The summed E-state index contributed by atoms with van der Waals surface area (Å²) in [6, 6.07) is 7.50. The summed E-state index contributed by atoms with van der Waals surface area (Å²) >= 11 is 0. The number of hydrogen-bond donors (Lipinski definition) is 2. The summed E-state index contributed by atoms with van der Waals surface area (Å²) in [5.41, 5.74) is 1.39. The first-order valence-corrected chi connectivity index (χ1v) is 7.88. The Labute approximate surface area is 144 Å². The van der Waals surface area contributed by atoms with Crippen LogP contribution in [-0.2, 0) is 4.79 Å². The number of piperidine rings is 1. The number of hydrogen-bond acceptors (Lipinski definition) is 3. The molecule has 0 radical (unpaired) electrons. The highest BCUT2D eigenvalue weighted by Gasteiger charge is 2.23. The van der Waals surface area contributed by atoms with E-state index in [0.29, 0.717) is 11.6 Å². The third-order valence-corrected chi connectivity index (χ3v) is 4.04. The van der Waals surface area contributed by atoms with E-state index in [1.807, 2.05) is 25.8 Å². The average molecular weight is 340 g/mol. The second kappa shape index (κ2) is 8.89. The fourth-order valence-corrected chi connectivity index (χ4v) is 2.56. The van der Waals surface area contributed by atoms with Crippen LogP contribution in [0, 0.1) is 5.92 Å². The molecule has 1 aliphatic rings. The zero-order valence-electron chi connectivity index (χ0n) is 14.0. The van der Waals surface area contributed by atoms with Crippen molar-refractivity contribution >= 4 is 29.9 Å². The van der Waals surface area contributed by atoms with Gasteiger partial charge in [-0.25, -0.2) is 0 Å². The van der Waals surface area contributed by atoms with Crippen LogP contribution < -0.4 is 10.6 Å². The Hall–Kier alpha value is -1.59. The van der Waals surface area contributed by atoms with Crippen molar-refractivity contribution in [3.63, 3.8) is 0 Å². The van der Waals surface area contributed by atoms with Gasteiger partial charge in [0.05, 0.1) is 0 Å². The van der Waals surface area contributed by atoms with Gasteiger partial charge in [-0.1, -0.05) is 13.8 Å². The fourth-order valence-electron chi connectivity index (χ4n) is 2.56. The highest BCUT2D eigenvalue weighted by molar-refractivity contribution is 5.96. The van der Waals surface area contributed by atoms with E-state index in [1.165, 1.54) is 0 Å². The predicted octanol–water partition coefficient (Wildman–Crippen LogP) is 2.53. The molecule has 1 unspecified atom stereocenters. The molecule has 0 aliphatic carbocycles. The number of carbonyl (C=O) groups excluding carboxylic acids is 2. The highest BCUT2D eigenvalue weighted by Crippen LogP contribution is 2.16. The van der Waals surface area contributed by atoms with Crippen LogP contribution in [0.4, 0.5) is 5.69 Å².